The summed E-state index contributed by atoms with van der Waals surface area (Å²) in [6.45, 7) is 0. The summed E-state index contributed by atoms with van der Waals surface area (Å²) in [6.07, 6.45) is -4.47. The molecule has 0 saturated carbocycles. The van der Waals surface area contributed by atoms with Crippen molar-refractivity contribution in [2.75, 3.05) is 5.73 Å². The van der Waals surface area contributed by atoms with Gasteiger partial charge in [-0.1, -0.05) is 17.8 Å². The number of alkyl halides is 3. The van der Waals surface area contributed by atoms with Crippen molar-refractivity contribution in [1.82, 2.24) is 14.8 Å². The molecule has 0 aliphatic rings. The van der Waals surface area contributed by atoms with Crippen molar-refractivity contribution >= 4 is 17.4 Å². The number of benzene rings is 1. The second-order valence-electron chi connectivity index (χ2n) is 4.07. The Morgan fingerprint density at radius 1 is 1.45 bits per heavy atom. The van der Waals surface area contributed by atoms with Crippen LogP contribution in [0.25, 0.3) is 0 Å². The number of H-pyrrole nitrogens is 1. The van der Waals surface area contributed by atoms with E-state index in [1.807, 2.05) is 0 Å². The molecule has 3 N–H and O–H groups in total. The van der Waals surface area contributed by atoms with Gasteiger partial charge in [0.2, 0.25) is 0 Å². The topological polar surface area (TPSA) is 76.7 Å². The van der Waals surface area contributed by atoms with Gasteiger partial charge < -0.3 is 5.73 Å². The van der Waals surface area contributed by atoms with Gasteiger partial charge in [0.25, 0.3) is 0 Å². The van der Waals surface area contributed by atoms with Crippen molar-refractivity contribution in [2.45, 2.75) is 17.1 Å². The van der Waals surface area contributed by atoms with Crippen molar-refractivity contribution in [3.05, 3.63) is 39.8 Å². The molecule has 0 fully saturated rings. The maximum Gasteiger partial charge on any atom is 0.416 e. The molecule has 2 rings (SSSR count). The number of hydrogen-bond donors (Lipinski definition) is 2. The van der Waals surface area contributed by atoms with E-state index < -0.39 is 17.4 Å². The number of hydrogen-bond acceptors (Lipinski definition) is 4. The van der Waals surface area contributed by atoms with E-state index in [0.29, 0.717) is 5.16 Å². The van der Waals surface area contributed by atoms with Gasteiger partial charge in [-0.25, -0.2) is 9.89 Å². The summed E-state index contributed by atoms with van der Waals surface area (Å²) in [5.41, 5.74) is 4.34. The molecular weight excluding hydrogens is 293 g/mol. The molecule has 20 heavy (non-hydrogen) atoms. The van der Waals surface area contributed by atoms with Crippen LogP contribution in [0, 0.1) is 0 Å². The molecule has 0 aliphatic carbocycles. The highest BCUT2D eigenvalue weighted by molar-refractivity contribution is 7.98. The minimum atomic E-state index is -4.47. The van der Waals surface area contributed by atoms with E-state index in [9.17, 15) is 18.0 Å². The van der Waals surface area contributed by atoms with Crippen molar-refractivity contribution < 1.29 is 13.2 Å². The first-order valence-electron chi connectivity index (χ1n) is 5.49. The average Bonchev–Trinajstić information content (AvgIpc) is 2.67. The van der Waals surface area contributed by atoms with Crippen LogP contribution in [0.1, 0.15) is 11.1 Å². The van der Waals surface area contributed by atoms with Crippen LogP contribution in [0.4, 0.5) is 18.9 Å². The minimum Gasteiger partial charge on any atom is -0.399 e. The Labute approximate surface area is 116 Å². The van der Waals surface area contributed by atoms with Gasteiger partial charge in [0, 0.05) is 18.5 Å². The smallest absolute Gasteiger partial charge is 0.399 e. The summed E-state index contributed by atoms with van der Waals surface area (Å²) < 4.78 is 39.9. The zero-order valence-electron chi connectivity index (χ0n) is 10.4. The van der Waals surface area contributed by atoms with Crippen LogP contribution < -0.4 is 11.4 Å². The summed E-state index contributed by atoms with van der Waals surface area (Å²) in [4.78, 5) is 11.2. The monoisotopic (exact) mass is 304 g/mol. The fourth-order valence-corrected chi connectivity index (χ4v) is 2.51. The molecular formula is C11H11F3N4OS. The van der Waals surface area contributed by atoms with Crippen molar-refractivity contribution in [3.63, 3.8) is 0 Å². The third kappa shape index (κ3) is 2.98. The van der Waals surface area contributed by atoms with Crippen LogP contribution in [0.15, 0.2) is 28.2 Å². The van der Waals surface area contributed by atoms with E-state index in [0.717, 1.165) is 17.8 Å². The zero-order chi connectivity index (χ0) is 14.9. The van der Waals surface area contributed by atoms with Gasteiger partial charge in [-0.15, -0.1) is 5.10 Å². The quantitative estimate of drug-likeness (QED) is 0.671. The Kier molecular flexibility index (Phi) is 3.80. The average molecular weight is 304 g/mol. The molecule has 0 aliphatic heterocycles. The number of nitrogens with zero attached hydrogens (tertiary/aromatic N) is 2. The number of halogens is 3. The fourth-order valence-electron chi connectivity index (χ4n) is 1.59. The summed E-state index contributed by atoms with van der Waals surface area (Å²) >= 11 is 1.04. The number of aromatic amines is 1. The lowest BCUT2D eigenvalue weighted by Crippen LogP contribution is -2.13. The SMILES string of the molecule is Cn1c(SCc2ccc(N)cc2C(F)(F)F)n[nH]c1=O. The molecule has 1 heterocycles. The van der Waals surface area contributed by atoms with Crippen LogP contribution in [-0.2, 0) is 19.0 Å². The van der Waals surface area contributed by atoms with Gasteiger partial charge in [-0.05, 0) is 17.7 Å². The number of nitrogens with two attached hydrogens (primary N) is 1. The minimum absolute atomic E-state index is 0.0350. The van der Waals surface area contributed by atoms with Crippen LogP contribution >= 0.6 is 11.8 Å². The molecule has 0 spiro atoms. The summed E-state index contributed by atoms with van der Waals surface area (Å²) in [5, 5.41) is 6.26. The predicted molar refractivity (Wildman–Crippen MR) is 69.2 cm³/mol. The largest absolute Gasteiger partial charge is 0.416 e. The second-order valence-corrected chi connectivity index (χ2v) is 5.02. The molecule has 5 nitrogen and oxygen atoms in total. The normalized spacial score (nSPS) is 11.8. The molecule has 0 radical (unpaired) electrons. The maximum atomic E-state index is 12.9. The van der Waals surface area contributed by atoms with Crippen LogP contribution in [0.5, 0.6) is 0 Å². The molecule has 0 atom stereocenters. The number of nitrogens with one attached hydrogen (secondary N) is 1. The Balaban J connectivity index is 2.26. The van der Waals surface area contributed by atoms with E-state index in [-0.39, 0.29) is 17.0 Å². The number of rotatable bonds is 3. The van der Waals surface area contributed by atoms with Gasteiger partial charge >= 0.3 is 11.9 Å². The molecule has 2 aromatic rings. The lowest BCUT2D eigenvalue weighted by atomic mass is 10.1. The van der Waals surface area contributed by atoms with Crippen LogP contribution in [-0.4, -0.2) is 14.8 Å². The number of nitrogen functional groups attached to an aromatic ring is 1. The Hall–Kier alpha value is -1.90. The molecule has 0 amide bonds. The first-order valence-corrected chi connectivity index (χ1v) is 6.47. The highest BCUT2D eigenvalue weighted by Crippen LogP contribution is 2.35. The van der Waals surface area contributed by atoms with E-state index in [2.05, 4.69) is 10.2 Å². The summed E-state index contributed by atoms with van der Waals surface area (Å²) in [6, 6.07) is 3.64. The fraction of sp³-hybridized carbons (Fsp3) is 0.273. The lowest BCUT2D eigenvalue weighted by molar-refractivity contribution is -0.138. The van der Waals surface area contributed by atoms with Gasteiger partial charge in [-0.3, -0.25) is 4.57 Å². The van der Waals surface area contributed by atoms with Gasteiger partial charge in [-0.2, -0.15) is 13.2 Å². The maximum absolute atomic E-state index is 12.9. The zero-order valence-corrected chi connectivity index (χ0v) is 11.2. The molecule has 9 heteroatoms. The first-order chi connectivity index (χ1) is 9.29. The van der Waals surface area contributed by atoms with Crippen molar-refractivity contribution in [3.8, 4) is 0 Å². The standard InChI is InChI=1S/C11H11F3N4OS/c1-18-9(19)16-17-10(18)20-5-6-2-3-7(15)4-8(6)11(12,13)14/h2-4H,5,15H2,1H3,(H,16,19). The number of aromatic nitrogens is 3. The van der Waals surface area contributed by atoms with Crippen LogP contribution in [0.2, 0.25) is 0 Å². The lowest BCUT2D eigenvalue weighted by Gasteiger charge is -2.13. The highest BCUT2D eigenvalue weighted by Gasteiger charge is 2.33. The third-order valence-electron chi connectivity index (χ3n) is 2.63. The molecule has 0 saturated heterocycles. The molecule has 108 valence electrons. The number of anilines is 1. The summed E-state index contributed by atoms with van der Waals surface area (Å²) in [5.74, 6) is 0.0350. The highest BCUT2D eigenvalue weighted by atomic mass is 32.2. The Morgan fingerprint density at radius 3 is 2.70 bits per heavy atom. The Bertz CT molecular complexity index is 677. The van der Waals surface area contributed by atoms with Gasteiger partial charge in [0.15, 0.2) is 5.16 Å². The van der Waals surface area contributed by atoms with E-state index in [4.69, 9.17) is 5.73 Å². The van der Waals surface area contributed by atoms with Crippen LogP contribution in [0.3, 0.4) is 0 Å². The molecule has 1 aromatic carbocycles. The Morgan fingerprint density at radius 2 is 2.15 bits per heavy atom. The second kappa shape index (κ2) is 5.23. The van der Waals surface area contributed by atoms with Gasteiger partial charge in [0.1, 0.15) is 0 Å². The predicted octanol–water partition coefficient (Wildman–Crippen LogP) is 2.00. The van der Waals surface area contributed by atoms with E-state index in [1.165, 1.54) is 23.7 Å². The molecule has 0 bridgehead atoms. The van der Waals surface area contributed by atoms with E-state index >= 15 is 0 Å². The number of thioether (sulfide) groups is 1. The molecule has 1 aromatic heterocycles. The first kappa shape index (κ1) is 14.5. The molecule has 0 unspecified atom stereocenters. The van der Waals surface area contributed by atoms with Crippen molar-refractivity contribution in [2.24, 2.45) is 7.05 Å². The van der Waals surface area contributed by atoms with Gasteiger partial charge in [0.05, 0.1) is 5.56 Å². The summed E-state index contributed by atoms with van der Waals surface area (Å²) in [7, 11) is 1.49. The van der Waals surface area contributed by atoms with E-state index in [1.54, 1.807) is 0 Å². The van der Waals surface area contributed by atoms with Crippen molar-refractivity contribution in [1.29, 1.82) is 0 Å². The third-order valence-corrected chi connectivity index (χ3v) is 3.71.